The van der Waals surface area contributed by atoms with E-state index in [0.29, 0.717) is 0 Å². The standard InChI is InChI=1S/C26H30N2O6/c29-23(27-15-7-3-1-4-8-15)17-11-12-18(24(30)28-16-9-5-2-6-10-16)22-20(26(33)34)14-13-19(21(17)22)25(31)32/h11-16H,1-10H2,(H,27,29)(H,28,30)(H,31,32)(H,33,34)/p-2. The highest BCUT2D eigenvalue weighted by Gasteiger charge is 2.25. The quantitative estimate of drug-likeness (QED) is 0.667. The monoisotopic (exact) mass is 464 g/mol. The molecule has 2 aliphatic carbocycles. The summed E-state index contributed by atoms with van der Waals surface area (Å²) in [6.45, 7) is 0. The largest absolute Gasteiger partial charge is 0.545 e. The van der Waals surface area contributed by atoms with E-state index in [1.54, 1.807) is 0 Å². The minimum Gasteiger partial charge on any atom is -0.545 e. The van der Waals surface area contributed by atoms with E-state index in [2.05, 4.69) is 10.6 Å². The Labute approximate surface area is 197 Å². The Bertz CT molecular complexity index is 1040. The average molecular weight is 465 g/mol. The lowest BCUT2D eigenvalue weighted by Crippen LogP contribution is -2.38. The van der Waals surface area contributed by atoms with Crippen molar-refractivity contribution in [1.82, 2.24) is 10.6 Å². The summed E-state index contributed by atoms with van der Waals surface area (Å²) < 4.78 is 0. The van der Waals surface area contributed by atoms with Crippen LogP contribution in [-0.4, -0.2) is 35.8 Å². The first-order chi connectivity index (χ1) is 16.4. The van der Waals surface area contributed by atoms with Crippen molar-refractivity contribution < 1.29 is 29.4 Å². The summed E-state index contributed by atoms with van der Waals surface area (Å²) in [4.78, 5) is 50.3. The van der Waals surface area contributed by atoms with E-state index in [1.165, 1.54) is 12.1 Å². The van der Waals surface area contributed by atoms with E-state index in [9.17, 15) is 29.4 Å². The molecular formula is C26H28N2O6-2. The minimum atomic E-state index is -1.56. The third-order valence-electron chi connectivity index (χ3n) is 6.97. The summed E-state index contributed by atoms with van der Waals surface area (Å²) in [7, 11) is 0. The average Bonchev–Trinajstić information content (AvgIpc) is 2.83. The van der Waals surface area contributed by atoms with Crippen molar-refractivity contribution in [2.45, 2.75) is 76.3 Å². The first-order valence-corrected chi connectivity index (χ1v) is 12.0. The van der Waals surface area contributed by atoms with Crippen molar-refractivity contribution in [2.75, 3.05) is 0 Å². The third-order valence-corrected chi connectivity index (χ3v) is 6.97. The number of hydrogen-bond donors (Lipinski definition) is 2. The SMILES string of the molecule is O=C([O-])c1ccc(C(=O)[O-])c2c(C(=O)NC3CCCCC3)ccc(C(=O)NC3CCCCC3)c12. The second kappa shape index (κ2) is 10.2. The number of carboxylic acid groups (broad SMARTS) is 2. The molecule has 0 heterocycles. The van der Waals surface area contributed by atoms with Crippen LogP contribution in [-0.2, 0) is 0 Å². The molecule has 2 aromatic rings. The Hall–Kier alpha value is -3.42. The molecule has 2 aromatic carbocycles. The van der Waals surface area contributed by atoms with Gasteiger partial charge in [0.1, 0.15) is 0 Å². The number of amides is 2. The second-order valence-corrected chi connectivity index (χ2v) is 9.26. The van der Waals surface area contributed by atoms with Gasteiger partial charge in [0.15, 0.2) is 0 Å². The highest BCUT2D eigenvalue weighted by atomic mass is 16.4. The molecule has 4 rings (SSSR count). The van der Waals surface area contributed by atoms with Crippen LogP contribution in [0.15, 0.2) is 24.3 Å². The van der Waals surface area contributed by atoms with Crippen LogP contribution in [0, 0.1) is 0 Å². The summed E-state index contributed by atoms with van der Waals surface area (Å²) in [5.41, 5.74) is -0.698. The predicted molar refractivity (Wildman–Crippen MR) is 121 cm³/mol. The van der Waals surface area contributed by atoms with Crippen LogP contribution in [0.3, 0.4) is 0 Å². The second-order valence-electron chi connectivity index (χ2n) is 9.26. The molecule has 180 valence electrons. The number of carbonyl (C=O) groups is 4. The lowest BCUT2D eigenvalue weighted by atomic mass is 9.89. The fourth-order valence-corrected chi connectivity index (χ4v) is 5.23. The molecule has 2 saturated carbocycles. The Morgan fingerprint density at radius 1 is 0.559 bits per heavy atom. The van der Waals surface area contributed by atoms with Crippen molar-refractivity contribution in [1.29, 1.82) is 0 Å². The highest BCUT2D eigenvalue weighted by molar-refractivity contribution is 6.23. The zero-order chi connectivity index (χ0) is 24.2. The van der Waals surface area contributed by atoms with Crippen LogP contribution >= 0.6 is 0 Å². The number of nitrogens with one attached hydrogen (secondary N) is 2. The Morgan fingerprint density at radius 2 is 0.882 bits per heavy atom. The van der Waals surface area contributed by atoms with Gasteiger partial charge in [0.05, 0.1) is 11.9 Å². The van der Waals surface area contributed by atoms with E-state index >= 15 is 0 Å². The van der Waals surface area contributed by atoms with Crippen molar-refractivity contribution in [3.05, 3.63) is 46.5 Å². The van der Waals surface area contributed by atoms with Gasteiger partial charge >= 0.3 is 0 Å². The molecule has 2 fully saturated rings. The molecule has 2 N–H and O–H groups in total. The molecule has 8 nitrogen and oxygen atoms in total. The molecule has 2 aliphatic rings. The highest BCUT2D eigenvalue weighted by Crippen LogP contribution is 2.31. The van der Waals surface area contributed by atoms with Crippen molar-refractivity contribution >= 4 is 34.5 Å². The van der Waals surface area contributed by atoms with Gasteiger partial charge in [-0.1, -0.05) is 50.7 Å². The molecule has 0 spiro atoms. The Morgan fingerprint density at radius 3 is 1.21 bits per heavy atom. The van der Waals surface area contributed by atoms with Crippen LogP contribution in [0.2, 0.25) is 0 Å². The summed E-state index contributed by atoms with van der Waals surface area (Å²) in [6.07, 6.45) is 9.46. The van der Waals surface area contributed by atoms with Crippen LogP contribution in [0.5, 0.6) is 0 Å². The molecule has 0 unspecified atom stereocenters. The van der Waals surface area contributed by atoms with E-state index in [4.69, 9.17) is 0 Å². The van der Waals surface area contributed by atoms with Gasteiger partial charge in [-0.25, -0.2) is 0 Å². The normalized spacial score (nSPS) is 17.3. The number of benzene rings is 2. The number of carbonyl (C=O) groups excluding carboxylic acids is 4. The maximum atomic E-state index is 13.2. The number of aromatic carboxylic acids is 2. The topological polar surface area (TPSA) is 138 Å². The zero-order valence-corrected chi connectivity index (χ0v) is 19.0. The van der Waals surface area contributed by atoms with Crippen LogP contribution in [0.1, 0.15) is 106 Å². The number of carboxylic acids is 2. The molecule has 34 heavy (non-hydrogen) atoms. The molecule has 0 bridgehead atoms. The van der Waals surface area contributed by atoms with E-state index in [0.717, 1.165) is 76.3 Å². The summed E-state index contributed by atoms with van der Waals surface area (Å²) in [5, 5.41) is 29.5. The maximum Gasteiger partial charge on any atom is 0.252 e. The first-order valence-electron chi connectivity index (χ1n) is 12.0. The molecular weight excluding hydrogens is 436 g/mol. The number of rotatable bonds is 6. The van der Waals surface area contributed by atoms with E-state index in [-0.39, 0.29) is 45.1 Å². The van der Waals surface area contributed by atoms with Crippen molar-refractivity contribution in [2.24, 2.45) is 0 Å². The fourth-order valence-electron chi connectivity index (χ4n) is 5.23. The van der Waals surface area contributed by atoms with Crippen LogP contribution < -0.4 is 20.8 Å². The zero-order valence-electron chi connectivity index (χ0n) is 19.0. The van der Waals surface area contributed by atoms with Crippen LogP contribution in [0.4, 0.5) is 0 Å². The minimum absolute atomic E-state index is 0.00269. The van der Waals surface area contributed by atoms with Gasteiger partial charge < -0.3 is 30.4 Å². The molecule has 2 amide bonds. The van der Waals surface area contributed by atoms with Gasteiger partial charge in [-0.2, -0.15) is 0 Å². The van der Waals surface area contributed by atoms with E-state index in [1.807, 2.05) is 0 Å². The van der Waals surface area contributed by atoms with Crippen molar-refractivity contribution in [3.63, 3.8) is 0 Å². The van der Waals surface area contributed by atoms with Gasteiger partial charge in [0.2, 0.25) is 0 Å². The maximum absolute atomic E-state index is 13.2. The van der Waals surface area contributed by atoms with Gasteiger partial charge in [-0.05, 0) is 37.8 Å². The molecule has 8 heteroatoms. The first kappa shape index (κ1) is 23.7. The number of fused-ring (bicyclic) bond motifs is 1. The van der Waals surface area contributed by atoms with Crippen molar-refractivity contribution in [3.8, 4) is 0 Å². The van der Waals surface area contributed by atoms with Gasteiger partial charge in [0, 0.05) is 45.1 Å². The summed E-state index contributed by atoms with van der Waals surface area (Å²) in [5.74, 6) is -4.14. The van der Waals surface area contributed by atoms with Gasteiger partial charge in [-0.3, -0.25) is 9.59 Å². The number of hydrogen-bond acceptors (Lipinski definition) is 6. The Balaban J connectivity index is 1.83. The lowest BCUT2D eigenvalue weighted by Gasteiger charge is -2.25. The molecule has 0 radical (unpaired) electrons. The third kappa shape index (κ3) is 4.90. The van der Waals surface area contributed by atoms with E-state index < -0.39 is 23.8 Å². The predicted octanol–water partition coefficient (Wildman–Crippen LogP) is 1.69. The summed E-state index contributed by atoms with van der Waals surface area (Å²) in [6, 6.07) is 4.87. The van der Waals surface area contributed by atoms with Gasteiger partial charge in [-0.15, -0.1) is 0 Å². The molecule has 0 atom stereocenters. The molecule has 0 saturated heterocycles. The molecule has 0 aromatic heterocycles. The lowest BCUT2D eigenvalue weighted by molar-refractivity contribution is -0.256. The summed E-state index contributed by atoms with van der Waals surface area (Å²) >= 11 is 0. The van der Waals surface area contributed by atoms with Gasteiger partial charge in [0.25, 0.3) is 11.8 Å². The smallest absolute Gasteiger partial charge is 0.252 e. The Kier molecular flexibility index (Phi) is 7.14. The fraction of sp³-hybridized carbons (Fsp3) is 0.462. The molecule has 0 aliphatic heterocycles. The van der Waals surface area contributed by atoms with Crippen LogP contribution in [0.25, 0.3) is 10.8 Å².